The molecule has 0 radical (unpaired) electrons. The number of amides is 1. The predicted octanol–water partition coefficient (Wildman–Crippen LogP) is 3.20. The van der Waals surface area contributed by atoms with Crippen LogP contribution in [0.15, 0.2) is 24.5 Å². The van der Waals surface area contributed by atoms with E-state index >= 15 is 0 Å². The van der Waals surface area contributed by atoms with E-state index in [0.717, 1.165) is 36.9 Å². The van der Waals surface area contributed by atoms with Gasteiger partial charge in [-0.3, -0.25) is 9.78 Å². The van der Waals surface area contributed by atoms with Gasteiger partial charge in [-0.2, -0.15) is 15.2 Å². The van der Waals surface area contributed by atoms with E-state index in [1.807, 2.05) is 52.0 Å². The number of fused-ring (bicyclic) bond motifs is 2. The largest absolute Gasteiger partial charge is 0.444 e. The van der Waals surface area contributed by atoms with Gasteiger partial charge in [0.15, 0.2) is 5.82 Å². The molecule has 2 bridgehead atoms. The second-order valence-corrected chi connectivity index (χ2v) is 10.9. The first-order valence-corrected chi connectivity index (χ1v) is 12.6. The summed E-state index contributed by atoms with van der Waals surface area (Å²) in [6, 6.07) is 4.05. The third-order valence-corrected chi connectivity index (χ3v) is 6.95. The lowest BCUT2D eigenvalue weighted by atomic mass is 9.97. The fourth-order valence-corrected chi connectivity index (χ4v) is 5.24. The number of aliphatic hydroxyl groups excluding tert-OH is 1. The highest BCUT2D eigenvalue weighted by Crippen LogP contribution is 2.39. The molecule has 1 amide bonds. The molecule has 12 heteroatoms. The number of ether oxygens (including phenoxy) is 1. The van der Waals surface area contributed by atoms with Gasteiger partial charge in [0.25, 0.3) is 0 Å². The van der Waals surface area contributed by atoms with E-state index in [0.29, 0.717) is 23.3 Å². The van der Waals surface area contributed by atoms with Crippen molar-refractivity contribution in [2.24, 2.45) is 7.05 Å². The normalized spacial score (nSPS) is 21.2. The number of carbonyl (C=O) groups is 1. The summed E-state index contributed by atoms with van der Waals surface area (Å²) in [6.07, 6.45) is 7.07. The van der Waals surface area contributed by atoms with Crippen molar-refractivity contribution in [2.75, 3.05) is 17.3 Å². The molecule has 3 aromatic rings. The molecule has 2 atom stereocenters. The van der Waals surface area contributed by atoms with Crippen LogP contribution in [0.5, 0.6) is 0 Å². The maximum absolute atomic E-state index is 12.9. The Labute approximate surface area is 216 Å². The quantitative estimate of drug-likeness (QED) is 0.457. The Morgan fingerprint density at radius 2 is 1.95 bits per heavy atom. The van der Waals surface area contributed by atoms with Crippen LogP contribution in [0.25, 0.3) is 11.3 Å². The molecule has 5 heterocycles. The summed E-state index contributed by atoms with van der Waals surface area (Å²) in [6.45, 7) is 5.58. The summed E-state index contributed by atoms with van der Waals surface area (Å²) in [5, 5.41) is 23.8. The van der Waals surface area contributed by atoms with Crippen LogP contribution < -0.4 is 10.2 Å². The molecular formula is C25H35N9O3. The van der Waals surface area contributed by atoms with Crippen LogP contribution >= 0.6 is 0 Å². The summed E-state index contributed by atoms with van der Waals surface area (Å²) in [4.78, 5) is 26.6. The van der Waals surface area contributed by atoms with Crippen molar-refractivity contribution in [3.63, 3.8) is 0 Å². The first-order chi connectivity index (χ1) is 17.6. The molecule has 37 heavy (non-hydrogen) atoms. The lowest BCUT2D eigenvalue weighted by Gasteiger charge is -2.42. The Bertz CT molecular complexity index is 1250. The number of rotatable bonds is 6. The SMILES string of the molecule is CN(c1nc(Nc2cc(CO)[nH]n2)cc(-c2cnn(C)c2)n1)C1CC2CCC(C1)N2C(=O)OC(C)(C)C. The minimum atomic E-state index is -0.513. The van der Waals surface area contributed by atoms with Gasteiger partial charge in [-0.25, -0.2) is 9.78 Å². The zero-order chi connectivity index (χ0) is 26.3. The fourth-order valence-electron chi connectivity index (χ4n) is 5.24. The molecule has 2 aliphatic heterocycles. The van der Waals surface area contributed by atoms with E-state index in [1.54, 1.807) is 16.9 Å². The lowest BCUT2D eigenvalue weighted by Crippen LogP contribution is -2.53. The highest BCUT2D eigenvalue weighted by atomic mass is 16.6. The summed E-state index contributed by atoms with van der Waals surface area (Å²) >= 11 is 0. The number of nitrogens with one attached hydrogen (secondary N) is 2. The van der Waals surface area contributed by atoms with Gasteiger partial charge < -0.3 is 25.0 Å². The van der Waals surface area contributed by atoms with Crippen LogP contribution in [0.1, 0.15) is 52.1 Å². The Balaban J connectivity index is 1.39. The summed E-state index contributed by atoms with van der Waals surface area (Å²) in [7, 11) is 3.88. The number of nitrogens with zero attached hydrogens (tertiary/aromatic N) is 7. The molecule has 3 N–H and O–H groups in total. The number of aromatic nitrogens is 6. The number of H-pyrrole nitrogens is 1. The lowest BCUT2D eigenvalue weighted by molar-refractivity contribution is 0.00595. The number of carbonyl (C=O) groups excluding carboxylic acids is 1. The minimum absolute atomic E-state index is 0.127. The molecule has 5 rings (SSSR count). The Morgan fingerprint density at radius 1 is 1.22 bits per heavy atom. The van der Waals surface area contributed by atoms with E-state index < -0.39 is 5.60 Å². The van der Waals surface area contributed by atoms with Gasteiger partial charge in [0.05, 0.1) is 24.2 Å². The smallest absolute Gasteiger partial charge is 0.410 e. The molecule has 0 aliphatic carbocycles. The summed E-state index contributed by atoms with van der Waals surface area (Å²) < 4.78 is 7.43. The van der Waals surface area contributed by atoms with Crippen LogP contribution in [-0.4, -0.2) is 76.8 Å². The number of aliphatic hydroxyl groups is 1. The second kappa shape index (κ2) is 9.66. The van der Waals surface area contributed by atoms with E-state index in [2.05, 4.69) is 25.5 Å². The number of hydrogen-bond acceptors (Lipinski definition) is 9. The predicted molar refractivity (Wildman–Crippen MR) is 138 cm³/mol. The van der Waals surface area contributed by atoms with Gasteiger partial charge in [0.1, 0.15) is 11.4 Å². The van der Waals surface area contributed by atoms with Crippen molar-refractivity contribution in [1.82, 2.24) is 34.8 Å². The molecule has 0 spiro atoms. The molecule has 2 aliphatic rings. The van der Waals surface area contributed by atoms with E-state index in [-0.39, 0.29) is 30.8 Å². The van der Waals surface area contributed by atoms with Crippen molar-refractivity contribution in [1.29, 1.82) is 0 Å². The summed E-state index contributed by atoms with van der Waals surface area (Å²) in [5.41, 5.74) is 1.70. The van der Waals surface area contributed by atoms with Gasteiger partial charge in [0, 0.05) is 56.1 Å². The Hall–Kier alpha value is -3.67. The van der Waals surface area contributed by atoms with Crippen molar-refractivity contribution in [2.45, 2.75) is 76.8 Å². The number of anilines is 3. The number of aryl methyl sites for hydroxylation is 1. The zero-order valence-electron chi connectivity index (χ0n) is 22.0. The zero-order valence-corrected chi connectivity index (χ0v) is 22.0. The minimum Gasteiger partial charge on any atom is -0.444 e. The Morgan fingerprint density at radius 3 is 2.54 bits per heavy atom. The third-order valence-electron chi connectivity index (χ3n) is 6.95. The fraction of sp³-hybridized carbons (Fsp3) is 0.560. The molecule has 198 valence electrons. The number of piperidine rings is 1. The Kier molecular flexibility index (Phi) is 6.52. The molecule has 0 saturated carbocycles. The van der Waals surface area contributed by atoms with Crippen LogP contribution in [0.4, 0.5) is 22.4 Å². The molecule has 0 aromatic carbocycles. The van der Waals surface area contributed by atoms with Crippen LogP contribution in [0.2, 0.25) is 0 Å². The van der Waals surface area contributed by atoms with Gasteiger partial charge >= 0.3 is 6.09 Å². The van der Waals surface area contributed by atoms with Crippen LogP contribution in [-0.2, 0) is 18.4 Å². The van der Waals surface area contributed by atoms with E-state index in [1.165, 1.54) is 0 Å². The average molecular weight is 510 g/mol. The monoisotopic (exact) mass is 509 g/mol. The second-order valence-electron chi connectivity index (χ2n) is 10.9. The number of aromatic amines is 1. The highest BCUT2D eigenvalue weighted by molar-refractivity contribution is 5.70. The first kappa shape index (κ1) is 25.0. The van der Waals surface area contributed by atoms with Crippen molar-refractivity contribution in [3.05, 3.63) is 30.2 Å². The molecular weight excluding hydrogens is 474 g/mol. The van der Waals surface area contributed by atoms with Crippen molar-refractivity contribution < 1.29 is 14.6 Å². The third kappa shape index (κ3) is 5.38. The average Bonchev–Trinajstić information content (AvgIpc) is 3.55. The standard InChI is InChI=1S/C25H35N9O3/c1-25(2,3)37-24(36)34-17-6-7-18(34)10-19(9-17)33(5)23-27-20(15-12-26-32(4)13-15)11-21(29-23)28-22-8-16(14-35)30-31-22/h8,11-13,17-19,35H,6-7,9-10,14H2,1-5H3,(H2,27,28,29,30,31). The van der Waals surface area contributed by atoms with Crippen molar-refractivity contribution in [3.8, 4) is 11.3 Å². The van der Waals surface area contributed by atoms with Crippen molar-refractivity contribution >= 4 is 23.7 Å². The van der Waals surface area contributed by atoms with E-state index in [9.17, 15) is 9.90 Å². The topological polar surface area (TPSA) is 137 Å². The molecule has 2 unspecified atom stereocenters. The van der Waals surface area contributed by atoms with Gasteiger partial charge in [-0.15, -0.1) is 0 Å². The molecule has 12 nitrogen and oxygen atoms in total. The van der Waals surface area contributed by atoms with Gasteiger partial charge in [-0.1, -0.05) is 0 Å². The van der Waals surface area contributed by atoms with E-state index in [4.69, 9.17) is 14.7 Å². The first-order valence-electron chi connectivity index (χ1n) is 12.6. The van der Waals surface area contributed by atoms with Gasteiger partial charge in [-0.05, 0) is 46.5 Å². The number of hydrogen-bond donors (Lipinski definition) is 3. The van der Waals surface area contributed by atoms with Crippen LogP contribution in [0.3, 0.4) is 0 Å². The highest BCUT2D eigenvalue weighted by Gasteiger charge is 2.46. The maximum atomic E-state index is 12.9. The molecule has 3 aromatic heterocycles. The molecule has 2 fully saturated rings. The maximum Gasteiger partial charge on any atom is 0.410 e. The van der Waals surface area contributed by atoms with Gasteiger partial charge in [0.2, 0.25) is 5.95 Å². The molecule has 2 saturated heterocycles. The summed E-state index contributed by atoms with van der Waals surface area (Å²) in [5.74, 6) is 1.72. The van der Waals surface area contributed by atoms with Crippen LogP contribution in [0, 0.1) is 0 Å².